The van der Waals surface area contributed by atoms with Gasteiger partial charge in [-0.2, -0.15) is 0 Å². The number of nitrogens with zero attached hydrogens (tertiary/aromatic N) is 1. The lowest BCUT2D eigenvalue weighted by atomic mass is 10.0. The first-order valence-electron chi connectivity index (χ1n) is 13.6. The number of aryl methyl sites for hydroxylation is 1. The van der Waals surface area contributed by atoms with Crippen LogP contribution >= 0.6 is 0 Å². The van der Waals surface area contributed by atoms with Crippen LogP contribution in [0.2, 0.25) is 0 Å². The lowest BCUT2D eigenvalue weighted by Gasteiger charge is -2.08. The fourth-order valence-electron chi connectivity index (χ4n) is 4.58. The second kappa shape index (κ2) is 14.9. The van der Waals surface area contributed by atoms with Crippen molar-refractivity contribution in [3.8, 4) is 5.75 Å². The summed E-state index contributed by atoms with van der Waals surface area (Å²) < 4.78 is 7.31. The van der Waals surface area contributed by atoms with E-state index in [-0.39, 0.29) is 55.1 Å². The van der Waals surface area contributed by atoms with Gasteiger partial charge < -0.3 is 19.5 Å². The predicted octanol–water partition coefficient (Wildman–Crippen LogP) is 6.33. The van der Waals surface area contributed by atoms with Crippen molar-refractivity contribution in [2.24, 2.45) is 0 Å². The average Bonchev–Trinajstić information content (AvgIpc) is 3.27. The number of ether oxygens (including phenoxy) is 1. The minimum absolute atomic E-state index is 0.00855. The topological polar surface area (TPSA) is 123 Å². The van der Waals surface area contributed by atoms with Gasteiger partial charge in [0.15, 0.2) is 11.6 Å². The second-order valence-electron chi connectivity index (χ2n) is 9.87. The third-order valence-corrected chi connectivity index (χ3v) is 6.71. The van der Waals surface area contributed by atoms with Gasteiger partial charge in [-0.1, -0.05) is 51.2 Å². The number of Topliss-reactive ketones (excluding diaryl/α,β-unsaturated/α-hetero) is 2. The van der Waals surface area contributed by atoms with Crippen LogP contribution in [0.15, 0.2) is 48.7 Å². The zero-order valence-electron chi connectivity index (χ0n) is 22.5. The number of rotatable bonds is 18. The molecule has 2 N–H and O–H groups in total. The fourth-order valence-corrected chi connectivity index (χ4v) is 4.58. The van der Waals surface area contributed by atoms with Crippen molar-refractivity contribution in [3.63, 3.8) is 0 Å². The van der Waals surface area contributed by atoms with Gasteiger partial charge in [-0.25, -0.2) is 4.79 Å². The van der Waals surface area contributed by atoms with Crippen molar-refractivity contribution in [2.75, 3.05) is 6.61 Å². The molecule has 0 aliphatic rings. The molecule has 3 rings (SSSR count). The maximum Gasteiger partial charge on any atom is 0.335 e. The van der Waals surface area contributed by atoms with Gasteiger partial charge in [0.2, 0.25) is 0 Å². The van der Waals surface area contributed by atoms with Crippen LogP contribution < -0.4 is 4.74 Å². The van der Waals surface area contributed by atoms with Crippen LogP contribution in [-0.2, 0) is 22.6 Å². The molecule has 1 heterocycles. The SMILES string of the molecule is CCCCCCCCc1ccc(OCC(=O)Cn2cc(C(=O)CCCC(=O)O)c3cc(C(=O)O)ccc32)cc1. The molecule has 39 heavy (non-hydrogen) atoms. The molecular formula is C31H37NO7. The van der Waals surface area contributed by atoms with Gasteiger partial charge in [-0.3, -0.25) is 14.4 Å². The van der Waals surface area contributed by atoms with E-state index in [4.69, 9.17) is 9.84 Å². The highest BCUT2D eigenvalue weighted by molar-refractivity contribution is 6.09. The number of aromatic carboxylic acids is 1. The summed E-state index contributed by atoms with van der Waals surface area (Å²) >= 11 is 0. The number of fused-ring (bicyclic) bond motifs is 1. The average molecular weight is 536 g/mol. The Balaban J connectivity index is 1.60. The third kappa shape index (κ3) is 9.09. The fraction of sp³-hybridized carbons (Fsp3) is 0.419. The second-order valence-corrected chi connectivity index (χ2v) is 9.87. The lowest BCUT2D eigenvalue weighted by Crippen LogP contribution is -2.17. The predicted molar refractivity (Wildman–Crippen MR) is 149 cm³/mol. The zero-order valence-corrected chi connectivity index (χ0v) is 22.5. The Morgan fingerprint density at radius 1 is 0.846 bits per heavy atom. The Bertz CT molecular complexity index is 1290. The van der Waals surface area contributed by atoms with Crippen LogP contribution in [0.4, 0.5) is 0 Å². The lowest BCUT2D eigenvalue weighted by molar-refractivity contribution is -0.137. The number of benzene rings is 2. The molecule has 2 aromatic carbocycles. The quantitative estimate of drug-likeness (QED) is 0.144. The molecule has 0 bridgehead atoms. The number of aliphatic carboxylic acids is 1. The molecule has 0 fully saturated rings. The molecule has 1 aromatic heterocycles. The van der Waals surface area contributed by atoms with Crippen molar-refractivity contribution in [3.05, 3.63) is 65.4 Å². The van der Waals surface area contributed by atoms with Gasteiger partial charge >= 0.3 is 11.9 Å². The van der Waals surface area contributed by atoms with E-state index in [0.717, 1.165) is 12.8 Å². The number of carbonyl (C=O) groups is 4. The van der Waals surface area contributed by atoms with Gasteiger partial charge in [0.1, 0.15) is 12.4 Å². The van der Waals surface area contributed by atoms with Gasteiger partial charge in [0.05, 0.1) is 12.1 Å². The number of hydrogen-bond acceptors (Lipinski definition) is 5. The largest absolute Gasteiger partial charge is 0.486 e. The van der Waals surface area contributed by atoms with E-state index >= 15 is 0 Å². The Hall–Kier alpha value is -3.94. The van der Waals surface area contributed by atoms with E-state index in [2.05, 4.69) is 6.92 Å². The van der Waals surface area contributed by atoms with Crippen molar-refractivity contribution in [1.29, 1.82) is 0 Å². The molecule has 0 unspecified atom stereocenters. The number of hydrogen-bond donors (Lipinski definition) is 2. The molecule has 8 heteroatoms. The van der Waals surface area contributed by atoms with Crippen molar-refractivity contribution >= 4 is 34.4 Å². The maximum absolute atomic E-state index is 12.8. The molecule has 0 saturated carbocycles. The highest BCUT2D eigenvalue weighted by Crippen LogP contribution is 2.25. The summed E-state index contributed by atoms with van der Waals surface area (Å²) in [6.45, 7) is 2.01. The number of carbonyl (C=O) groups excluding carboxylic acids is 2. The minimum atomic E-state index is -1.13. The van der Waals surface area contributed by atoms with E-state index in [1.165, 1.54) is 56.0 Å². The van der Waals surface area contributed by atoms with Crippen molar-refractivity contribution in [1.82, 2.24) is 4.57 Å². The third-order valence-electron chi connectivity index (χ3n) is 6.71. The van der Waals surface area contributed by atoms with E-state index < -0.39 is 11.9 Å². The highest BCUT2D eigenvalue weighted by Gasteiger charge is 2.19. The number of unbranched alkanes of at least 4 members (excludes halogenated alkanes) is 5. The summed E-state index contributed by atoms with van der Waals surface area (Å²) in [4.78, 5) is 47.9. The first-order chi connectivity index (χ1) is 18.8. The van der Waals surface area contributed by atoms with Crippen LogP contribution in [0.3, 0.4) is 0 Å². The van der Waals surface area contributed by atoms with Crippen LogP contribution in [0.25, 0.3) is 10.9 Å². The van der Waals surface area contributed by atoms with Crippen molar-refractivity contribution < 1.29 is 34.1 Å². The molecular weight excluding hydrogens is 498 g/mol. The molecule has 0 amide bonds. The van der Waals surface area contributed by atoms with Gasteiger partial charge in [0.25, 0.3) is 0 Å². The van der Waals surface area contributed by atoms with Gasteiger partial charge in [-0.05, 0) is 55.2 Å². The molecule has 0 radical (unpaired) electrons. The zero-order chi connectivity index (χ0) is 28.2. The number of carboxylic acids is 2. The summed E-state index contributed by atoms with van der Waals surface area (Å²) in [5, 5.41) is 18.7. The van der Waals surface area contributed by atoms with Gasteiger partial charge in [-0.15, -0.1) is 0 Å². The van der Waals surface area contributed by atoms with E-state index in [9.17, 15) is 24.3 Å². The maximum atomic E-state index is 12.8. The summed E-state index contributed by atoms with van der Waals surface area (Å²) in [6.07, 6.45) is 10.1. The van der Waals surface area contributed by atoms with E-state index in [1.807, 2.05) is 24.3 Å². The van der Waals surface area contributed by atoms with E-state index in [1.54, 1.807) is 10.6 Å². The summed E-state index contributed by atoms with van der Waals surface area (Å²) in [5.74, 6) is -2.02. The summed E-state index contributed by atoms with van der Waals surface area (Å²) in [6, 6.07) is 12.2. The van der Waals surface area contributed by atoms with Crippen molar-refractivity contribution in [2.45, 2.75) is 77.7 Å². The van der Waals surface area contributed by atoms with Crippen LogP contribution in [0.1, 0.15) is 91.0 Å². The van der Waals surface area contributed by atoms with Crippen LogP contribution in [0.5, 0.6) is 5.75 Å². The molecule has 0 spiro atoms. The Morgan fingerprint density at radius 3 is 2.26 bits per heavy atom. The Labute approximate surface area is 228 Å². The Kier molecular flexibility index (Phi) is 11.3. The normalized spacial score (nSPS) is 11.0. The summed E-state index contributed by atoms with van der Waals surface area (Å²) in [7, 11) is 0. The minimum Gasteiger partial charge on any atom is -0.486 e. The summed E-state index contributed by atoms with van der Waals surface area (Å²) in [5.41, 5.74) is 2.08. The first kappa shape index (κ1) is 29.6. The molecule has 0 aliphatic heterocycles. The highest BCUT2D eigenvalue weighted by atomic mass is 16.5. The monoisotopic (exact) mass is 535 g/mol. The first-order valence-corrected chi connectivity index (χ1v) is 13.6. The molecule has 0 saturated heterocycles. The molecule has 3 aromatic rings. The molecule has 8 nitrogen and oxygen atoms in total. The smallest absolute Gasteiger partial charge is 0.335 e. The van der Waals surface area contributed by atoms with Crippen LogP contribution in [0, 0.1) is 0 Å². The number of ketones is 2. The number of aromatic nitrogens is 1. The van der Waals surface area contributed by atoms with Crippen LogP contribution in [-0.4, -0.2) is 44.9 Å². The molecule has 208 valence electrons. The number of carboxylic acid groups (broad SMARTS) is 2. The molecule has 0 aliphatic carbocycles. The molecule has 0 atom stereocenters. The van der Waals surface area contributed by atoms with E-state index in [0.29, 0.717) is 16.7 Å². The Morgan fingerprint density at radius 2 is 1.56 bits per heavy atom. The van der Waals surface area contributed by atoms with Gasteiger partial charge in [0, 0.05) is 35.5 Å². The standard InChI is InChI=1S/C31H37NO7/c1-2-3-4-5-6-7-9-22-12-15-25(16-13-22)39-21-24(33)19-32-20-27(29(34)10-8-11-30(35)36)26-18-23(31(37)38)14-17-28(26)32/h12-18,20H,2-11,19,21H2,1H3,(H,35,36)(H,37,38).